The number of benzene rings is 3. The van der Waals surface area contributed by atoms with E-state index in [4.69, 9.17) is 9.72 Å². The number of anilines is 1. The van der Waals surface area contributed by atoms with Gasteiger partial charge >= 0.3 is 0 Å². The molecule has 1 aliphatic rings. The number of fused-ring (bicyclic) bond motifs is 1. The Morgan fingerprint density at radius 3 is 2.46 bits per heavy atom. The molecule has 35 heavy (non-hydrogen) atoms. The van der Waals surface area contributed by atoms with Crippen molar-refractivity contribution >= 4 is 32.6 Å². The van der Waals surface area contributed by atoms with Gasteiger partial charge in [0.05, 0.1) is 16.8 Å². The standard InChI is InChI=1S/C28H30N4O2S/c1-2-34-24-12-13-25-26(20-24)35-28(30-25)32-18-16-31(17-19-32)15-14-29-27(33)23-10-8-22(9-11-23)21-6-4-3-5-7-21/h3-13,20H,2,14-19H2,1H3,(H,29,33). The highest BCUT2D eigenvalue weighted by Crippen LogP contribution is 2.32. The van der Waals surface area contributed by atoms with Crippen LogP contribution in [0.15, 0.2) is 72.8 Å². The predicted molar refractivity (Wildman–Crippen MR) is 144 cm³/mol. The van der Waals surface area contributed by atoms with E-state index in [-0.39, 0.29) is 5.91 Å². The highest BCUT2D eigenvalue weighted by molar-refractivity contribution is 7.22. The summed E-state index contributed by atoms with van der Waals surface area (Å²) < 4.78 is 6.78. The fourth-order valence-corrected chi connectivity index (χ4v) is 5.37. The lowest BCUT2D eigenvalue weighted by molar-refractivity contribution is 0.0948. The van der Waals surface area contributed by atoms with E-state index < -0.39 is 0 Å². The first-order valence-corrected chi connectivity index (χ1v) is 13.0. The van der Waals surface area contributed by atoms with Crippen LogP contribution in [-0.2, 0) is 0 Å². The first-order chi connectivity index (χ1) is 17.2. The molecule has 5 rings (SSSR count). The highest BCUT2D eigenvalue weighted by Gasteiger charge is 2.20. The van der Waals surface area contributed by atoms with Crippen LogP contribution in [0.2, 0.25) is 0 Å². The zero-order valence-electron chi connectivity index (χ0n) is 19.9. The smallest absolute Gasteiger partial charge is 0.251 e. The molecule has 0 radical (unpaired) electrons. The van der Waals surface area contributed by atoms with E-state index in [1.807, 2.05) is 61.5 Å². The number of amides is 1. The minimum atomic E-state index is -0.0239. The number of rotatable bonds is 8. The van der Waals surface area contributed by atoms with Gasteiger partial charge in [-0.15, -0.1) is 0 Å². The fourth-order valence-electron chi connectivity index (χ4n) is 4.32. The molecule has 1 aromatic heterocycles. The Hall–Kier alpha value is -3.42. The van der Waals surface area contributed by atoms with Crippen molar-refractivity contribution in [3.63, 3.8) is 0 Å². The number of ether oxygens (including phenoxy) is 1. The summed E-state index contributed by atoms with van der Waals surface area (Å²) in [6, 6.07) is 24.1. The molecule has 1 aliphatic heterocycles. The van der Waals surface area contributed by atoms with Crippen LogP contribution in [0.4, 0.5) is 5.13 Å². The van der Waals surface area contributed by atoms with Gasteiger partial charge in [0.25, 0.3) is 5.91 Å². The van der Waals surface area contributed by atoms with Gasteiger partial charge in [0.2, 0.25) is 0 Å². The molecule has 3 aromatic carbocycles. The number of nitrogens with one attached hydrogen (secondary N) is 1. The Morgan fingerprint density at radius 1 is 0.971 bits per heavy atom. The van der Waals surface area contributed by atoms with Crippen molar-refractivity contribution in [3.8, 4) is 16.9 Å². The summed E-state index contributed by atoms with van der Waals surface area (Å²) in [5.41, 5.74) is 3.98. The summed E-state index contributed by atoms with van der Waals surface area (Å²) in [5.74, 6) is 0.873. The third kappa shape index (κ3) is 5.63. The lowest BCUT2D eigenvalue weighted by Crippen LogP contribution is -2.48. The third-order valence-electron chi connectivity index (χ3n) is 6.27. The Labute approximate surface area is 210 Å². The second kappa shape index (κ2) is 10.9. The van der Waals surface area contributed by atoms with Crippen molar-refractivity contribution in [3.05, 3.63) is 78.4 Å². The van der Waals surface area contributed by atoms with E-state index >= 15 is 0 Å². The van der Waals surface area contributed by atoms with Gasteiger partial charge in [-0.05, 0) is 48.4 Å². The van der Waals surface area contributed by atoms with E-state index in [0.717, 1.165) is 64.9 Å². The Kier molecular flexibility index (Phi) is 7.25. The molecule has 2 heterocycles. The van der Waals surface area contributed by atoms with Crippen LogP contribution in [0.5, 0.6) is 5.75 Å². The van der Waals surface area contributed by atoms with Crippen LogP contribution in [0.1, 0.15) is 17.3 Å². The molecular weight excluding hydrogens is 456 g/mol. The van der Waals surface area contributed by atoms with Crippen molar-refractivity contribution < 1.29 is 9.53 Å². The zero-order valence-corrected chi connectivity index (χ0v) is 20.8. The Morgan fingerprint density at radius 2 is 1.71 bits per heavy atom. The molecule has 1 amide bonds. The summed E-state index contributed by atoms with van der Waals surface area (Å²) >= 11 is 1.72. The van der Waals surface area contributed by atoms with E-state index in [9.17, 15) is 4.79 Å². The van der Waals surface area contributed by atoms with Gasteiger partial charge in [-0.1, -0.05) is 53.8 Å². The summed E-state index contributed by atoms with van der Waals surface area (Å²) in [5, 5.41) is 4.14. The number of hydrogen-bond donors (Lipinski definition) is 1. The second-order valence-corrected chi connectivity index (χ2v) is 9.60. The van der Waals surface area contributed by atoms with E-state index in [1.165, 1.54) is 0 Å². The van der Waals surface area contributed by atoms with Crippen LogP contribution >= 0.6 is 11.3 Å². The molecule has 1 saturated heterocycles. The molecule has 4 aromatic rings. The molecule has 1 fully saturated rings. The highest BCUT2D eigenvalue weighted by atomic mass is 32.1. The van der Waals surface area contributed by atoms with Crippen LogP contribution < -0.4 is 15.0 Å². The minimum Gasteiger partial charge on any atom is -0.494 e. The van der Waals surface area contributed by atoms with Crippen LogP contribution in [0.25, 0.3) is 21.3 Å². The summed E-state index contributed by atoms with van der Waals surface area (Å²) in [7, 11) is 0. The summed E-state index contributed by atoms with van der Waals surface area (Å²) in [6.45, 7) is 7.94. The monoisotopic (exact) mass is 486 g/mol. The SMILES string of the molecule is CCOc1ccc2nc(N3CCN(CCNC(=O)c4ccc(-c5ccccc5)cc4)CC3)sc2c1. The molecule has 1 N–H and O–H groups in total. The maximum Gasteiger partial charge on any atom is 0.251 e. The van der Waals surface area contributed by atoms with Gasteiger partial charge in [0, 0.05) is 44.8 Å². The molecule has 0 unspecified atom stereocenters. The van der Waals surface area contributed by atoms with E-state index in [0.29, 0.717) is 18.7 Å². The molecule has 0 saturated carbocycles. The molecule has 0 spiro atoms. The Balaban J connectivity index is 1.08. The molecular formula is C28H30N4O2S. The average molecular weight is 487 g/mol. The first kappa shape index (κ1) is 23.3. The molecule has 180 valence electrons. The molecule has 0 atom stereocenters. The van der Waals surface area contributed by atoms with Gasteiger partial charge in [0.15, 0.2) is 5.13 Å². The topological polar surface area (TPSA) is 57.7 Å². The number of piperazine rings is 1. The quantitative estimate of drug-likeness (QED) is 0.383. The maximum absolute atomic E-state index is 12.6. The van der Waals surface area contributed by atoms with E-state index in [1.54, 1.807) is 11.3 Å². The summed E-state index contributed by atoms with van der Waals surface area (Å²) in [4.78, 5) is 22.1. The van der Waals surface area contributed by atoms with Crippen LogP contribution in [0, 0.1) is 0 Å². The van der Waals surface area contributed by atoms with Gasteiger partial charge in [-0.3, -0.25) is 9.69 Å². The number of thiazole rings is 1. The fraction of sp³-hybridized carbons (Fsp3) is 0.286. The van der Waals surface area contributed by atoms with Crippen LogP contribution in [-0.4, -0.2) is 61.7 Å². The van der Waals surface area contributed by atoms with Crippen molar-refractivity contribution in [1.82, 2.24) is 15.2 Å². The number of aromatic nitrogens is 1. The van der Waals surface area contributed by atoms with Crippen molar-refractivity contribution in [2.45, 2.75) is 6.92 Å². The average Bonchev–Trinajstić information content (AvgIpc) is 3.33. The molecule has 0 aliphatic carbocycles. The van der Waals surface area contributed by atoms with Crippen LogP contribution in [0.3, 0.4) is 0 Å². The maximum atomic E-state index is 12.6. The largest absolute Gasteiger partial charge is 0.494 e. The Bertz CT molecular complexity index is 1270. The molecule has 6 nitrogen and oxygen atoms in total. The molecule has 7 heteroatoms. The minimum absolute atomic E-state index is 0.0239. The lowest BCUT2D eigenvalue weighted by Gasteiger charge is -2.34. The summed E-state index contributed by atoms with van der Waals surface area (Å²) in [6.07, 6.45) is 0. The number of carbonyl (C=O) groups excluding carboxylic acids is 1. The first-order valence-electron chi connectivity index (χ1n) is 12.1. The number of carbonyl (C=O) groups is 1. The zero-order chi connectivity index (χ0) is 24.0. The van der Waals surface area contributed by atoms with Crippen molar-refractivity contribution in [2.75, 3.05) is 50.8 Å². The normalized spacial score (nSPS) is 14.3. The number of nitrogens with zero attached hydrogens (tertiary/aromatic N) is 3. The predicted octanol–water partition coefficient (Wildman–Crippen LogP) is 4.91. The third-order valence-corrected chi connectivity index (χ3v) is 7.35. The molecule has 0 bridgehead atoms. The van der Waals surface area contributed by atoms with Gasteiger partial charge < -0.3 is 15.0 Å². The van der Waals surface area contributed by atoms with E-state index in [2.05, 4.69) is 33.3 Å². The van der Waals surface area contributed by atoms with Crippen molar-refractivity contribution in [2.24, 2.45) is 0 Å². The van der Waals surface area contributed by atoms with Gasteiger partial charge in [-0.2, -0.15) is 0 Å². The lowest BCUT2D eigenvalue weighted by atomic mass is 10.0. The van der Waals surface area contributed by atoms with Gasteiger partial charge in [0.1, 0.15) is 5.75 Å². The number of hydrogen-bond acceptors (Lipinski definition) is 6. The van der Waals surface area contributed by atoms with Gasteiger partial charge in [-0.25, -0.2) is 4.98 Å². The van der Waals surface area contributed by atoms with Crippen molar-refractivity contribution in [1.29, 1.82) is 0 Å². The second-order valence-electron chi connectivity index (χ2n) is 8.59.